The number of carboxylic acid groups (broad SMARTS) is 1. The number of aromatic nitrogens is 2. The summed E-state index contributed by atoms with van der Waals surface area (Å²) >= 11 is 2.81. The van der Waals surface area contributed by atoms with Crippen molar-refractivity contribution in [2.45, 2.75) is 50.8 Å². The van der Waals surface area contributed by atoms with Gasteiger partial charge in [-0.1, -0.05) is 30.0 Å². The number of fused-ring (bicyclic) bond motifs is 2. The molecule has 2 aromatic carbocycles. The van der Waals surface area contributed by atoms with Crippen LogP contribution in [0.3, 0.4) is 0 Å². The number of ether oxygens (including phenoxy) is 2. The topological polar surface area (TPSA) is 298 Å². The molecule has 332 valence electrons. The molecule has 62 heavy (non-hydrogen) atoms. The van der Waals surface area contributed by atoms with Crippen LogP contribution in [-0.4, -0.2) is 116 Å². The number of aliphatic carboxylic acids is 1. The van der Waals surface area contributed by atoms with Gasteiger partial charge in [0.15, 0.2) is 0 Å². The van der Waals surface area contributed by atoms with Crippen LogP contribution in [0.4, 0.5) is 21.0 Å². The van der Waals surface area contributed by atoms with Crippen molar-refractivity contribution >= 4 is 79.1 Å². The van der Waals surface area contributed by atoms with Gasteiger partial charge in [0, 0.05) is 55.1 Å². The van der Waals surface area contributed by atoms with Gasteiger partial charge < -0.3 is 39.4 Å². The molecule has 0 bridgehead atoms. The lowest BCUT2D eigenvalue weighted by molar-refractivity contribution is -0.508. The number of non-ortho nitro benzene ring substituents is 2. The summed E-state index contributed by atoms with van der Waals surface area (Å²) in [4.78, 5) is 76.2. The van der Waals surface area contributed by atoms with Crippen molar-refractivity contribution in [3.05, 3.63) is 103 Å². The Morgan fingerprint density at radius 2 is 1.56 bits per heavy atom. The number of alkyl carbamates (subject to hydrolysis) is 1. The first kappa shape index (κ1) is 46.9. The first-order chi connectivity index (χ1) is 29.2. The highest BCUT2D eigenvalue weighted by molar-refractivity contribution is 7.98. The predicted octanol–water partition coefficient (Wildman–Crippen LogP) is 3.21. The van der Waals surface area contributed by atoms with E-state index in [2.05, 4.69) is 5.32 Å². The van der Waals surface area contributed by atoms with Crippen LogP contribution < -0.4 is 9.72 Å². The van der Waals surface area contributed by atoms with Gasteiger partial charge in [0.25, 0.3) is 17.7 Å². The Kier molecular flexibility index (Phi) is 14.9. The molecule has 22 nitrogen and oxygen atoms in total. The highest BCUT2D eigenvalue weighted by Crippen LogP contribution is 2.51. The van der Waals surface area contributed by atoms with E-state index in [0.717, 1.165) is 9.86 Å². The molecule has 3 N–H and O–H groups in total. The number of imidazole rings is 1. The van der Waals surface area contributed by atoms with Crippen LogP contribution in [0.15, 0.2) is 71.8 Å². The first-order valence-corrected chi connectivity index (χ1v) is 22.3. The maximum absolute atomic E-state index is 13.4. The van der Waals surface area contributed by atoms with E-state index in [-0.39, 0.29) is 62.4 Å². The number of aliphatic hydroxyl groups is 1. The van der Waals surface area contributed by atoms with Crippen molar-refractivity contribution in [2.24, 2.45) is 11.8 Å². The number of rotatable bonds is 16. The van der Waals surface area contributed by atoms with Crippen molar-refractivity contribution in [2.75, 3.05) is 32.1 Å². The maximum Gasteiger partial charge on any atom is 0.410 e. The summed E-state index contributed by atoms with van der Waals surface area (Å²) in [5.41, 5.74) is 1.30. The standard InChI is InChI=1S/C36H37N7O12S2.CH4O3S/c1-20-27(30(34(46)47)41-29(20)28(21(2)44)31(41)45)26-16-40-19-39(32(56-3)33(40)57-26)15-14-38(36(49)55-18-23-6-10-25(11-7-23)43(52)53)13-12-37-35(48)54-17-22-4-8-24(9-5-22)42(50)51;1-5(2,3)4/h4-11,16,19-21,28-29,44H,12-15,17-18H2,1-3H3,(H-,37,46,47,48);1H3,(H,2,3,4)/t20-,21+,28+,29+;/m0./s1. The normalized spacial score (nSPS) is 17.4. The van der Waals surface area contributed by atoms with E-state index >= 15 is 0 Å². The van der Waals surface area contributed by atoms with Crippen LogP contribution in [0, 0.1) is 32.1 Å². The van der Waals surface area contributed by atoms with E-state index in [4.69, 9.17) is 22.4 Å². The van der Waals surface area contributed by atoms with Gasteiger partial charge in [0.05, 0.1) is 49.5 Å². The van der Waals surface area contributed by atoms with Gasteiger partial charge in [-0.3, -0.25) is 25.0 Å². The van der Waals surface area contributed by atoms with Gasteiger partial charge in [-0.2, -0.15) is 4.40 Å². The zero-order chi connectivity index (χ0) is 45.6. The zero-order valence-corrected chi connectivity index (χ0v) is 35.9. The quantitative estimate of drug-likeness (QED) is 0.0363. The van der Waals surface area contributed by atoms with Crippen LogP contribution in [0.2, 0.25) is 0 Å². The third-order valence-corrected chi connectivity index (χ3v) is 11.9. The zero-order valence-electron chi connectivity index (χ0n) is 33.4. The average molecular weight is 920 g/mol. The number of carbonyl (C=O) groups excluding carboxylic acids is 3. The number of thiazole rings is 1. The highest BCUT2D eigenvalue weighted by atomic mass is 32.2. The van der Waals surface area contributed by atoms with Crippen molar-refractivity contribution in [1.82, 2.24) is 19.7 Å². The Morgan fingerprint density at radius 1 is 1.02 bits per heavy atom. The fraction of sp³-hybridized carbons (Fsp3) is 0.378. The van der Waals surface area contributed by atoms with Crippen LogP contribution in [0.25, 0.3) is 10.4 Å². The summed E-state index contributed by atoms with van der Waals surface area (Å²) in [6, 6.07) is 10.7. The summed E-state index contributed by atoms with van der Waals surface area (Å²) in [5.74, 6) is -2.65. The highest BCUT2D eigenvalue weighted by Gasteiger charge is 2.60. The molecular weight excluding hydrogens is 879 g/mol. The molecular formula is C37H41N7O15S3. The van der Waals surface area contributed by atoms with Gasteiger partial charge >= 0.3 is 18.2 Å². The molecule has 2 aliphatic rings. The molecule has 2 aliphatic heterocycles. The number of carboxylic acids is 1. The van der Waals surface area contributed by atoms with Crippen molar-refractivity contribution in [3.63, 3.8) is 0 Å². The second-order valence-corrected chi connectivity index (χ2v) is 17.3. The summed E-state index contributed by atoms with van der Waals surface area (Å²) in [6.07, 6.45) is 3.70. The Balaban J connectivity index is 0.00000137. The molecule has 4 aromatic rings. The summed E-state index contributed by atoms with van der Waals surface area (Å²) in [6.45, 7) is 3.50. The molecule has 4 heterocycles. The monoisotopic (exact) mass is 919 g/mol. The third-order valence-electron chi connectivity index (χ3n) is 9.79. The number of thioether (sulfide) groups is 1. The number of nitrogens with one attached hydrogen (secondary N) is 1. The molecule has 4 atom stereocenters. The van der Waals surface area contributed by atoms with Crippen molar-refractivity contribution in [3.8, 4) is 0 Å². The molecule has 3 amide bonds. The number of amides is 3. The van der Waals surface area contributed by atoms with Crippen molar-refractivity contribution in [1.29, 1.82) is 0 Å². The number of nitrogens with zero attached hydrogens (tertiary/aromatic N) is 6. The Bertz CT molecular complexity index is 2500. The maximum atomic E-state index is 13.4. The lowest BCUT2D eigenvalue weighted by atomic mass is 9.77. The Labute approximate surface area is 361 Å². The van der Waals surface area contributed by atoms with Gasteiger partial charge in [-0.25, -0.2) is 27.4 Å². The van der Waals surface area contributed by atoms with Gasteiger partial charge in [-0.05, 0) is 48.6 Å². The van der Waals surface area contributed by atoms with Crippen LogP contribution in [0.1, 0.15) is 29.9 Å². The molecule has 25 heteroatoms. The number of carbonyl (C=O) groups is 4. The van der Waals surface area contributed by atoms with E-state index in [0.29, 0.717) is 27.8 Å². The van der Waals surface area contributed by atoms with E-state index in [9.17, 15) is 49.6 Å². The lowest BCUT2D eigenvalue weighted by Gasteiger charge is -2.46. The summed E-state index contributed by atoms with van der Waals surface area (Å²) in [5, 5.41) is 45.7. The predicted molar refractivity (Wildman–Crippen MR) is 219 cm³/mol. The van der Waals surface area contributed by atoms with Crippen LogP contribution >= 0.6 is 23.1 Å². The molecule has 0 saturated carbocycles. The second-order valence-electron chi connectivity index (χ2n) is 14.0. The summed E-state index contributed by atoms with van der Waals surface area (Å²) < 4.78 is 41.8. The fourth-order valence-corrected chi connectivity index (χ4v) is 9.20. The van der Waals surface area contributed by atoms with Crippen molar-refractivity contribution < 1.29 is 66.1 Å². The van der Waals surface area contributed by atoms with Crippen LogP contribution in [-0.2, 0) is 48.9 Å². The number of hydrogen-bond acceptors (Lipinski definition) is 16. The smallest absolute Gasteiger partial charge is 0.410 e. The van der Waals surface area contributed by atoms with Gasteiger partial charge in [0.1, 0.15) is 31.7 Å². The summed E-state index contributed by atoms with van der Waals surface area (Å²) in [7, 11) is -3.92. The Morgan fingerprint density at radius 3 is 2.06 bits per heavy atom. The van der Waals surface area contributed by atoms with E-state index in [1.165, 1.54) is 88.4 Å². The number of hydrogen-bond donors (Lipinski definition) is 3. The van der Waals surface area contributed by atoms with E-state index in [1.54, 1.807) is 6.20 Å². The van der Waals surface area contributed by atoms with Gasteiger partial charge in [0.2, 0.25) is 15.8 Å². The molecule has 0 aliphatic carbocycles. The number of benzene rings is 2. The molecule has 6 rings (SSSR count). The second kappa shape index (κ2) is 19.7. The molecule has 1 saturated heterocycles. The number of nitro benzene ring substituents is 2. The average Bonchev–Trinajstić information content (AvgIpc) is 3.83. The molecule has 2 aromatic heterocycles. The first-order valence-electron chi connectivity index (χ1n) is 18.5. The lowest BCUT2D eigenvalue weighted by Crippen LogP contribution is -2.63. The fourth-order valence-electron chi connectivity index (χ4n) is 6.99. The SMILES string of the molecule is CS(=O)(=O)[O-].CSc1c2sc(C3=C(C(=O)O)N4C(=O)[C@H]([C@@H](C)O)[C@H]4[C@H]3C)c[n+]2cn1CCN(CCNC(=O)OCc1ccc([N+](=O)[O-])cc1)C(=O)OCc1ccc([N+](=O)[O-])cc1. The molecule has 0 unspecified atom stereocenters. The molecule has 1 fully saturated rings. The Hall–Kier alpha value is -6.15. The molecule has 0 radical (unpaired) electrons. The largest absolute Gasteiger partial charge is 0.748 e. The van der Waals surface area contributed by atoms with Crippen LogP contribution in [0.5, 0.6) is 0 Å². The number of β-lactam (4-membered cyclic amide) rings is 1. The van der Waals surface area contributed by atoms with Gasteiger partial charge in [-0.15, -0.1) is 0 Å². The minimum absolute atomic E-state index is 0.0150. The van der Waals surface area contributed by atoms with E-state index in [1.807, 2.05) is 28.5 Å². The molecule has 0 spiro atoms. The third kappa shape index (κ3) is 11.0. The van der Waals surface area contributed by atoms with E-state index < -0.39 is 62.1 Å². The minimum Gasteiger partial charge on any atom is -0.748 e. The number of nitro groups is 2. The number of aliphatic hydroxyl groups excluding tert-OH is 1. The minimum atomic E-state index is -3.92.